The Kier molecular flexibility index (Phi) is 7.31. The molecule has 3 aromatic heterocycles. The number of fused-ring (bicyclic) bond motifs is 4. The Hall–Kier alpha value is -4.09. The van der Waals surface area contributed by atoms with Crippen LogP contribution in [0, 0.1) is 5.92 Å². The minimum absolute atomic E-state index is 0.0487. The van der Waals surface area contributed by atoms with E-state index in [9.17, 15) is 9.59 Å². The van der Waals surface area contributed by atoms with Crippen molar-refractivity contribution in [2.45, 2.75) is 32.2 Å². The number of nitrogens with one attached hydrogen (secondary N) is 1. The molecule has 10 nitrogen and oxygen atoms in total. The van der Waals surface area contributed by atoms with E-state index in [2.05, 4.69) is 42.7 Å². The third kappa shape index (κ3) is 5.34. The normalized spacial score (nSPS) is 17.3. The molecule has 1 aliphatic heterocycles. The van der Waals surface area contributed by atoms with Crippen LogP contribution in [0.15, 0.2) is 76.6 Å². The Morgan fingerprint density at radius 2 is 1.95 bits per heavy atom. The summed E-state index contributed by atoms with van der Waals surface area (Å²) in [5.41, 5.74) is 4.97. The number of anilines is 1. The van der Waals surface area contributed by atoms with Crippen molar-refractivity contribution in [2.75, 3.05) is 5.32 Å². The molecule has 0 aliphatic carbocycles. The van der Waals surface area contributed by atoms with Gasteiger partial charge in [0.15, 0.2) is 0 Å². The Morgan fingerprint density at radius 1 is 1.10 bits per heavy atom. The highest BCUT2D eigenvalue weighted by Gasteiger charge is 2.23. The lowest BCUT2D eigenvalue weighted by atomic mass is 9.94. The van der Waals surface area contributed by atoms with Gasteiger partial charge in [0.05, 0.1) is 47.5 Å². The zero-order valence-corrected chi connectivity index (χ0v) is 24.7. The number of halogens is 2. The molecule has 0 unspecified atom stereocenters. The van der Waals surface area contributed by atoms with Crippen molar-refractivity contribution < 1.29 is 4.79 Å². The average molecular weight is 634 g/mol. The molecule has 1 amide bonds. The fourth-order valence-electron chi connectivity index (χ4n) is 5.30. The minimum Gasteiger partial charge on any atom is -0.323 e. The lowest BCUT2D eigenvalue weighted by Gasteiger charge is -2.23. The Bertz CT molecular complexity index is 1830. The quantitative estimate of drug-likeness (QED) is 0.275. The molecule has 0 saturated carbocycles. The number of nitrogens with zero attached hydrogens (tertiary/aromatic N) is 7. The predicted molar refractivity (Wildman–Crippen MR) is 160 cm³/mol. The molecule has 1 aliphatic rings. The van der Waals surface area contributed by atoms with E-state index in [1.165, 1.54) is 6.07 Å². The van der Waals surface area contributed by atoms with Crippen molar-refractivity contribution in [3.05, 3.63) is 92.8 Å². The summed E-state index contributed by atoms with van der Waals surface area (Å²) in [5, 5.41) is 16.1. The maximum atomic E-state index is 13.7. The highest BCUT2D eigenvalue weighted by atomic mass is 79.9. The van der Waals surface area contributed by atoms with Crippen LogP contribution in [0.25, 0.3) is 28.2 Å². The molecule has 208 valence electrons. The summed E-state index contributed by atoms with van der Waals surface area (Å²) in [4.78, 5) is 31.4. The van der Waals surface area contributed by atoms with E-state index in [0.717, 1.165) is 23.2 Å². The molecule has 5 aromatic rings. The fourth-order valence-corrected chi connectivity index (χ4v) is 5.74. The molecule has 6 rings (SSSR count). The Labute approximate surface area is 249 Å². The fraction of sp³-hybridized carbons (Fsp3) is 0.241. The van der Waals surface area contributed by atoms with Gasteiger partial charge in [-0.25, -0.2) is 9.67 Å². The largest absolute Gasteiger partial charge is 0.323 e. The van der Waals surface area contributed by atoms with Crippen LogP contribution < -0.4 is 10.9 Å². The highest BCUT2D eigenvalue weighted by molar-refractivity contribution is 9.10. The van der Waals surface area contributed by atoms with Gasteiger partial charge in [-0.15, -0.1) is 5.10 Å². The molecule has 41 heavy (non-hydrogen) atoms. The van der Waals surface area contributed by atoms with Gasteiger partial charge in [0.2, 0.25) is 5.91 Å². The smallest absolute Gasteiger partial charge is 0.254 e. The van der Waals surface area contributed by atoms with Crippen molar-refractivity contribution in [3.8, 4) is 28.2 Å². The SMILES string of the molecule is C[C@@H]1CCC[C@H](n2cnc(-c3cc(Cl)ccc3-n3cc(Br)nn3)cc2=O)c2cccc(c2)-c2c(cnn2C)NC1=O. The number of amides is 1. The van der Waals surface area contributed by atoms with E-state index in [1.807, 2.05) is 38.2 Å². The average Bonchev–Trinajstić information content (AvgIpc) is 3.55. The van der Waals surface area contributed by atoms with E-state index >= 15 is 0 Å². The van der Waals surface area contributed by atoms with Gasteiger partial charge >= 0.3 is 0 Å². The van der Waals surface area contributed by atoms with Crippen molar-refractivity contribution in [2.24, 2.45) is 13.0 Å². The number of carbonyl (C=O) groups excluding carboxylic acids is 1. The van der Waals surface area contributed by atoms with Crippen LogP contribution in [0.3, 0.4) is 0 Å². The van der Waals surface area contributed by atoms with Gasteiger partial charge in [0.25, 0.3) is 5.56 Å². The van der Waals surface area contributed by atoms with Gasteiger partial charge in [-0.05, 0) is 58.6 Å². The third-order valence-electron chi connectivity index (χ3n) is 7.42. The van der Waals surface area contributed by atoms with Gasteiger partial charge in [-0.3, -0.25) is 18.8 Å². The van der Waals surface area contributed by atoms with Crippen LogP contribution >= 0.6 is 27.5 Å². The van der Waals surface area contributed by atoms with E-state index in [4.69, 9.17) is 16.6 Å². The summed E-state index contributed by atoms with van der Waals surface area (Å²) >= 11 is 9.67. The number of benzene rings is 2. The van der Waals surface area contributed by atoms with Gasteiger partial charge in [0.1, 0.15) is 4.60 Å². The molecule has 1 N–H and O–H groups in total. The Morgan fingerprint density at radius 3 is 2.73 bits per heavy atom. The van der Waals surface area contributed by atoms with Gasteiger partial charge in [0, 0.05) is 35.2 Å². The number of aromatic nitrogens is 7. The summed E-state index contributed by atoms with van der Waals surface area (Å²) in [6.45, 7) is 1.92. The van der Waals surface area contributed by atoms with Gasteiger partial charge in [-0.2, -0.15) is 5.10 Å². The predicted octanol–water partition coefficient (Wildman–Crippen LogP) is 5.66. The first kappa shape index (κ1) is 27.1. The van der Waals surface area contributed by atoms with Crippen LogP contribution in [-0.2, 0) is 11.8 Å². The molecule has 0 saturated heterocycles. The topological polar surface area (TPSA) is 113 Å². The summed E-state index contributed by atoms with van der Waals surface area (Å²) in [5.74, 6) is -0.246. The molecule has 0 radical (unpaired) electrons. The molecular formula is C29H26BrClN8O2. The number of rotatable bonds is 3. The van der Waals surface area contributed by atoms with E-state index < -0.39 is 0 Å². The van der Waals surface area contributed by atoms with Crippen molar-refractivity contribution in [3.63, 3.8) is 0 Å². The summed E-state index contributed by atoms with van der Waals surface area (Å²) in [6.07, 6.45) is 7.07. The number of hydrogen-bond acceptors (Lipinski definition) is 6. The molecule has 2 bridgehead atoms. The van der Waals surface area contributed by atoms with Crippen molar-refractivity contribution in [1.29, 1.82) is 0 Å². The number of carbonyl (C=O) groups is 1. The molecule has 12 heteroatoms. The Balaban J connectivity index is 1.44. The molecule has 4 heterocycles. The molecule has 0 spiro atoms. The van der Waals surface area contributed by atoms with Crippen molar-refractivity contribution in [1.82, 2.24) is 34.3 Å². The van der Waals surface area contributed by atoms with Crippen LogP contribution in [0.5, 0.6) is 0 Å². The highest BCUT2D eigenvalue weighted by Crippen LogP contribution is 2.34. The number of hydrogen-bond donors (Lipinski definition) is 1. The molecule has 2 aromatic carbocycles. The maximum absolute atomic E-state index is 13.7. The van der Waals surface area contributed by atoms with E-state index in [0.29, 0.717) is 45.1 Å². The summed E-state index contributed by atoms with van der Waals surface area (Å²) in [7, 11) is 1.85. The molecule has 2 atom stereocenters. The zero-order chi connectivity index (χ0) is 28.7. The zero-order valence-electron chi connectivity index (χ0n) is 22.3. The van der Waals surface area contributed by atoms with Crippen LogP contribution in [-0.4, -0.2) is 40.2 Å². The summed E-state index contributed by atoms with van der Waals surface area (Å²) in [6, 6.07) is 14.6. The lowest BCUT2D eigenvalue weighted by molar-refractivity contribution is -0.119. The van der Waals surface area contributed by atoms with Crippen LogP contribution in [0.1, 0.15) is 37.8 Å². The monoisotopic (exact) mass is 632 g/mol. The van der Waals surface area contributed by atoms with Gasteiger partial charge in [-0.1, -0.05) is 48.4 Å². The maximum Gasteiger partial charge on any atom is 0.254 e. The second-order valence-corrected chi connectivity index (χ2v) is 11.4. The first-order chi connectivity index (χ1) is 19.8. The van der Waals surface area contributed by atoms with Gasteiger partial charge < -0.3 is 5.32 Å². The first-order valence-electron chi connectivity index (χ1n) is 13.2. The summed E-state index contributed by atoms with van der Waals surface area (Å²) < 4.78 is 5.60. The third-order valence-corrected chi connectivity index (χ3v) is 8.02. The second kappa shape index (κ2) is 11.1. The lowest BCUT2D eigenvalue weighted by Crippen LogP contribution is -2.26. The standard InChI is InChI=1S/C29H26BrClN8O2/c1-17-5-3-8-24(18-6-4-7-19(11-18)28-23(34-29(17)41)14-33-37(28)2)38-16-32-22(13-27(38)40)21-12-20(31)9-10-25(21)39-15-26(30)35-36-39/h4,6-7,9-17,24H,3,5,8H2,1-2H3,(H,34,41)/t17-,24+/m1/s1. The van der Waals surface area contributed by atoms with E-state index in [-0.39, 0.29) is 23.4 Å². The number of aryl methyl sites for hydroxylation is 1. The van der Waals surface area contributed by atoms with Crippen LogP contribution in [0.2, 0.25) is 5.02 Å². The van der Waals surface area contributed by atoms with E-state index in [1.54, 1.807) is 44.8 Å². The van der Waals surface area contributed by atoms with Crippen LogP contribution in [0.4, 0.5) is 5.69 Å². The molecular weight excluding hydrogens is 608 g/mol. The first-order valence-corrected chi connectivity index (χ1v) is 14.3. The minimum atomic E-state index is -0.277. The molecule has 0 fully saturated rings. The second-order valence-electron chi connectivity index (χ2n) is 10.2. The van der Waals surface area contributed by atoms with Crippen molar-refractivity contribution >= 4 is 39.1 Å².